The van der Waals surface area contributed by atoms with Gasteiger partial charge in [0.25, 0.3) is 0 Å². The van der Waals surface area contributed by atoms with E-state index in [1.54, 1.807) is 0 Å². The van der Waals surface area contributed by atoms with Gasteiger partial charge in [0.05, 0.1) is 23.5 Å². The maximum Gasteiger partial charge on any atom is 0.0657 e. The van der Waals surface area contributed by atoms with Crippen molar-refractivity contribution in [2.45, 2.75) is 65.5 Å². The molecule has 6 aromatic carbocycles. The molecule has 2 N–H and O–H groups in total. The molecule has 7 rings (SSSR count). The summed E-state index contributed by atoms with van der Waals surface area (Å²) in [4.78, 5) is 5.32. The van der Waals surface area contributed by atoms with E-state index in [4.69, 9.17) is 4.98 Å². The van der Waals surface area contributed by atoms with Crippen molar-refractivity contribution in [2.24, 2.45) is 0 Å². The Morgan fingerprint density at radius 3 is 1.09 bits per heavy atom. The van der Waals surface area contributed by atoms with Crippen LogP contribution in [-0.4, -0.2) is 4.98 Å². The Morgan fingerprint density at radius 1 is 0.389 bits per heavy atom. The Labute approximate surface area is 322 Å². The van der Waals surface area contributed by atoms with Crippen molar-refractivity contribution in [3.8, 4) is 0 Å². The number of benzene rings is 6. The molecule has 0 saturated carbocycles. The minimum atomic E-state index is -0.0837. The fraction of sp³-hybridized carbons (Fsp3) is 0.196. The topological polar surface area (TPSA) is 37.0 Å². The summed E-state index contributed by atoms with van der Waals surface area (Å²) in [5.41, 5.74) is 16.9. The molecule has 1 aromatic heterocycles. The van der Waals surface area contributed by atoms with Crippen LogP contribution >= 0.6 is 0 Å². The van der Waals surface area contributed by atoms with Gasteiger partial charge in [-0.15, -0.1) is 0 Å². The molecule has 0 aliphatic heterocycles. The molecule has 0 aliphatic carbocycles. The van der Waals surface area contributed by atoms with E-state index in [-0.39, 0.29) is 23.9 Å². The van der Waals surface area contributed by atoms with Crippen molar-refractivity contribution in [3.63, 3.8) is 0 Å². The van der Waals surface area contributed by atoms with Crippen LogP contribution in [-0.2, 0) is 0 Å². The summed E-state index contributed by atoms with van der Waals surface area (Å²) in [6, 6.07) is 59.3. The lowest BCUT2D eigenvalue weighted by molar-refractivity contribution is 0.775. The van der Waals surface area contributed by atoms with E-state index in [9.17, 15) is 0 Å². The highest BCUT2D eigenvalue weighted by Crippen LogP contribution is 2.45. The standard InChI is InChI=1S/C51H51N3/c1-34-30-36(3)50(37(4)31-34)52-38(5)46-28-19-29-47(54-46)39(6)53-51-44(48(40-20-11-7-12-21-40)41-22-13-8-14-23-41)32-35(2)33-45(51)49(42-24-15-9-16-25-42)43-26-17-10-18-27-43/h7-33,38-39,48-49,52-53H,1-6H3. The Kier molecular flexibility index (Phi) is 11.1. The quantitative estimate of drug-likeness (QED) is 0.124. The molecule has 2 atom stereocenters. The van der Waals surface area contributed by atoms with Crippen molar-refractivity contribution in [3.05, 3.63) is 231 Å². The highest BCUT2D eigenvalue weighted by Gasteiger charge is 2.28. The molecule has 0 saturated heterocycles. The molecular formula is C51H51N3. The van der Waals surface area contributed by atoms with E-state index in [0.717, 1.165) is 17.1 Å². The van der Waals surface area contributed by atoms with Gasteiger partial charge in [0, 0.05) is 23.2 Å². The Bertz CT molecular complexity index is 2090. The van der Waals surface area contributed by atoms with E-state index >= 15 is 0 Å². The number of anilines is 2. The van der Waals surface area contributed by atoms with E-state index < -0.39 is 0 Å². The first-order chi connectivity index (χ1) is 26.3. The molecule has 0 bridgehead atoms. The number of nitrogens with one attached hydrogen (secondary N) is 2. The van der Waals surface area contributed by atoms with Gasteiger partial charge in [-0.05, 0) is 98.2 Å². The van der Waals surface area contributed by atoms with Gasteiger partial charge >= 0.3 is 0 Å². The van der Waals surface area contributed by atoms with Gasteiger partial charge in [-0.1, -0.05) is 163 Å². The number of nitrogens with zero attached hydrogens (tertiary/aromatic N) is 1. The second-order valence-electron chi connectivity index (χ2n) is 14.8. The fourth-order valence-electron chi connectivity index (χ4n) is 8.09. The van der Waals surface area contributed by atoms with Crippen molar-refractivity contribution >= 4 is 11.4 Å². The lowest BCUT2D eigenvalue weighted by atomic mass is 9.78. The Hall–Kier alpha value is -5.93. The number of aromatic nitrogens is 1. The number of pyridine rings is 1. The summed E-state index contributed by atoms with van der Waals surface area (Å²) >= 11 is 0. The van der Waals surface area contributed by atoms with Crippen LogP contribution in [0.15, 0.2) is 164 Å². The lowest BCUT2D eigenvalue weighted by Crippen LogP contribution is -2.18. The van der Waals surface area contributed by atoms with Crippen molar-refractivity contribution in [1.82, 2.24) is 4.98 Å². The van der Waals surface area contributed by atoms with Gasteiger partial charge in [0.1, 0.15) is 0 Å². The van der Waals surface area contributed by atoms with Crippen molar-refractivity contribution in [2.75, 3.05) is 10.6 Å². The average molecular weight is 706 g/mol. The third-order valence-electron chi connectivity index (χ3n) is 10.6. The summed E-state index contributed by atoms with van der Waals surface area (Å²) in [5, 5.41) is 7.90. The van der Waals surface area contributed by atoms with E-state index in [1.165, 1.54) is 61.3 Å². The van der Waals surface area contributed by atoms with E-state index in [1.807, 2.05) is 0 Å². The zero-order valence-electron chi connectivity index (χ0n) is 32.3. The molecule has 0 fully saturated rings. The zero-order valence-corrected chi connectivity index (χ0v) is 32.3. The van der Waals surface area contributed by atoms with Crippen LogP contribution in [0, 0.1) is 27.7 Å². The number of hydrogen-bond donors (Lipinski definition) is 2. The van der Waals surface area contributed by atoms with Gasteiger partial charge in [-0.3, -0.25) is 4.98 Å². The maximum atomic E-state index is 5.32. The third-order valence-corrected chi connectivity index (χ3v) is 10.6. The maximum absolute atomic E-state index is 5.32. The first-order valence-electron chi connectivity index (χ1n) is 19.2. The normalized spacial score (nSPS) is 12.4. The molecular weight excluding hydrogens is 655 g/mol. The molecule has 270 valence electrons. The van der Waals surface area contributed by atoms with Crippen LogP contribution in [0.4, 0.5) is 11.4 Å². The SMILES string of the molecule is Cc1cc(C)c(NC(C)c2cccc(C(C)Nc3c(C(c4ccccc4)c4ccccc4)cc(C)cc3C(c3ccccc3)c3ccccc3)n2)c(C)c1. The average Bonchev–Trinajstić information content (AvgIpc) is 3.19. The molecule has 0 radical (unpaired) electrons. The highest BCUT2D eigenvalue weighted by molar-refractivity contribution is 5.69. The summed E-state index contributed by atoms with van der Waals surface area (Å²) in [6.45, 7) is 13.2. The number of rotatable bonds is 12. The lowest BCUT2D eigenvalue weighted by Gasteiger charge is -2.31. The Morgan fingerprint density at radius 2 is 0.722 bits per heavy atom. The third kappa shape index (κ3) is 8.01. The predicted molar refractivity (Wildman–Crippen MR) is 228 cm³/mol. The van der Waals surface area contributed by atoms with Crippen LogP contribution in [0.5, 0.6) is 0 Å². The first kappa shape index (κ1) is 36.4. The van der Waals surface area contributed by atoms with Gasteiger partial charge in [-0.2, -0.15) is 0 Å². The van der Waals surface area contributed by atoms with E-state index in [0.29, 0.717) is 0 Å². The van der Waals surface area contributed by atoms with E-state index in [2.05, 4.69) is 216 Å². The number of hydrogen-bond acceptors (Lipinski definition) is 3. The van der Waals surface area contributed by atoms with Crippen LogP contribution in [0.2, 0.25) is 0 Å². The summed E-state index contributed by atoms with van der Waals surface area (Å²) < 4.78 is 0. The van der Waals surface area contributed by atoms with Crippen LogP contribution in [0.3, 0.4) is 0 Å². The molecule has 0 amide bonds. The largest absolute Gasteiger partial charge is 0.377 e. The summed E-state index contributed by atoms with van der Waals surface area (Å²) in [6.07, 6.45) is 0. The molecule has 0 aliphatic rings. The smallest absolute Gasteiger partial charge is 0.0657 e. The molecule has 3 heteroatoms. The minimum absolute atomic E-state index is 0.0115. The van der Waals surface area contributed by atoms with Crippen LogP contribution in [0.25, 0.3) is 0 Å². The van der Waals surface area contributed by atoms with Crippen molar-refractivity contribution in [1.29, 1.82) is 0 Å². The minimum Gasteiger partial charge on any atom is -0.377 e. The molecule has 54 heavy (non-hydrogen) atoms. The van der Waals surface area contributed by atoms with Gasteiger partial charge in [-0.25, -0.2) is 0 Å². The van der Waals surface area contributed by atoms with Crippen molar-refractivity contribution < 1.29 is 0 Å². The van der Waals surface area contributed by atoms with Gasteiger partial charge in [0.2, 0.25) is 0 Å². The predicted octanol–water partition coefficient (Wildman–Crippen LogP) is 13.0. The van der Waals surface area contributed by atoms with Gasteiger partial charge in [0.15, 0.2) is 0 Å². The molecule has 3 nitrogen and oxygen atoms in total. The van der Waals surface area contributed by atoms with Gasteiger partial charge < -0.3 is 10.6 Å². The molecule has 0 spiro atoms. The summed E-state index contributed by atoms with van der Waals surface area (Å²) in [7, 11) is 0. The highest BCUT2D eigenvalue weighted by atomic mass is 15.0. The Balaban J connectivity index is 1.37. The summed E-state index contributed by atoms with van der Waals surface area (Å²) in [5.74, 6) is 0.0231. The fourth-order valence-corrected chi connectivity index (χ4v) is 8.09. The second-order valence-corrected chi connectivity index (χ2v) is 14.8. The molecule has 2 unspecified atom stereocenters. The second kappa shape index (κ2) is 16.4. The zero-order chi connectivity index (χ0) is 37.6. The van der Waals surface area contributed by atoms with Crippen LogP contribution < -0.4 is 10.6 Å². The van der Waals surface area contributed by atoms with Crippen LogP contribution in [0.1, 0.15) is 105 Å². The molecule has 7 aromatic rings. The monoisotopic (exact) mass is 705 g/mol. The molecule has 1 heterocycles. The first-order valence-corrected chi connectivity index (χ1v) is 19.2. The number of aryl methyl sites for hydroxylation is 4.